The van der Waals surface area contributed by atoms with Gasteiger partial charge >= 0.3 is 0 Å². The van der Waals surface area contributed by atoms with Crippen molar-refractivity contribution in [1.82, 2.24) is 24.5 Å². The van der Waals surface area contributed by atoms with Gasteiger partial charge in [-0.1, -0.05) is 30.3 Å². The second kappa shape index (κ2) is 8.30. The van der Waals surface area contributed by atoms with Crippen LogP contribution in [-0.2, 0) is 13.5 Å². The van der Waals surface area contributed by atoms with Crippen molar-refractivity contribution in [2.24, 2.45) is 7.05 Å². The number of aromatic amines is 1. The number of carbonyl (C=O) groups excluding carboxylic acids is 1. The van der Waals surface area contributed by atoms with E-state index >= 15 is 0 Å². The Balaban J connectivity index is 1.72. The van der Waals surface area contributed by atoms with Gasteiger partial charge in [-0.25, -0.2) is 9.50 Å². The smallest absolute Gasteiger partial charge is 0.272 e. The minimum Gasteiger partial charge on any atom is -0.345 e. The highest BCUT2D eigenvalue weighted by atomic mass is 16.2. The molecule has 1 atom stereocenters. The van der Waals surface area contributed by atoms with E-state index in [1.165, 1.54) is 15.1 Å². The minimum atomic E-state index is -0.469. The van der Waals surface area contributed by atoms with E-state index in [-0.39, 0.29) is 16.7 Å². The molecule has 8 heteroatoms. The lowest BCUT2D eigenvalue weighted by Crippen LogP contribution is -2.37. The summed E-state index contributed by atoms with van der Waals surface area (Å²) in [6.45, 7) is 5.43. The normalized spacial score (nSPS) is 12.1. The van der Waals surface area contributed by atoms with Crippen LogP contribution in [0.4, 0.5) is 0 Å². The summed E-state index contributed by atoms with van der Waals surface area (Å²) in [4.78, 5) is 43.0. The Morgan fingerprint density at radius 1 is 1.09 bits per heavy atom. The molecule has 0 aliphatic heterocycles. The molecule has 0 saturated heterocycles. The van der Waals surface area contributed by atoms with Gasteiger partial charge in [-0.15, -0.1) is 0 Å². The average molecular weight is 431 g/mol. The highest BCUT2D eigenvalue weighted by Crippen LogP contribution is 2.19. The molecule has 1 amide bonds. The first-order valence-electron chi connectivity index (χ1n) is 10.4. The third kappa shape index (κ3) is 3.99. The van der Waals surface area contributed by atoms with Gasteiger partial charge in [0.2, 0.25) is 0 Å². The Labute approximate surface area is 184 Å². The molecule has 1 unspecified atom stereocenters. The van der Waals surface area contributed by atoms with Crippen molar-refractivity contribution >= 4 is 11.6 Å². The standard InChI is InChI=1S/C24H25N5O3/c1-14-10-16(3)28(4)24(32)22(14)23(31)26-19(17-8-6-5-7-9-17)12-18-13-21(30)29-20(25-18)11-15(2)27-29/h5-11,13,19,27H,12H2,1-4H3,(H,26,31). The van der Waals surface area contributed by atoms with Gasteiger partial charge in [-0.3, -0.25) is 19.5 Å². The molecule has 1 aromatic carbocycles. The first kappa shape index (κ1) is 21.3. The SMILES string of the molecule is Cc1cc2nc(CC(NC(=O)c3c(C)cc(C)n(C)c3=O)c3ccccc3)cc(=O)n2[nH]1. The molecule has 4 aromatic rings. The third-order valence-electron chi connectivity index (χ3n) is 5.65. The van der Waals surface area contributed by atoms with Gasteiger partial charge in [0.25, 0.3) is 17.0 Å². The van der Waals surface area contributed by atoms with Crippen LogP contribution in [0.2, 0.25) is 0 Å². The topological polar surface area (TPSA) is 101 Å². The second-order valence-corrected chi connectivity index (χ2v) is 8.07. The number of pyridine rings is 1. The first-order valence-corrected chi connectivity index (χ1v) is 10.4. The summed E-state index contributed by atoms with van der Waals surface area (Å²) in [5.41, 5.74) is 3.71. The van der Waals surface area contributed by atoms with E-state index in [0.29, 0.717) is 23.3 Å². The maximum Gasteiger partial charge on any atom is 0.272 e. The van der Waals surface area contributed by atoms with Crippen molar-refractivity contribution < 1.29 is 4.79 Å². The fraction of sp³-hybridized carbons (Fsp3) is 0.250. The molecule has 3 heterocycles. The van der Waals surface area contributed by atoms with Gasteiger partial charge in [0, 0.05) is 37.0 Å². The number of fused-ring (bicyclic) bond motifs is 1. The third-order valence-corrected chi connectivity index (χ3v) is 5.65. The Bertz CT molecular complexity index is 1430. The van der Waals surface area contributed by atoms with Crippen molar-refractivity contribution in [3.05, 3.63) is 103 Å². The number of hydrogen-bond acceptors (Lipinski definition) is 4. The number of rotatable bonds is 5. The van der Waals surface area contributed by atoms with Crippen LogP contribution in [0.15, 0.2) is 58.1 Å². The van der Waals surface area contributed by atoms with Crippen LogP contribution < -0.4 is 16.4 Å². The Hall–Kier alpha value is -3.94. The molecule has 0 saturated carbocycles. The number of aryl methyl sites for hydroxylation is 3. The molecule has 0 spiro atoms. The zero-order chi connectivity index (χ0) is 23.0. The van der Waals surface area contributed by atoms with Crippen LogP contribution in [0.5, 0.6) is 0 Å². The lowest BCUT2D eigenvalue weighted by molar-refractivity contribution is 0.0933. The molecule has 3 aromatic heterocycles. The molecule has 0 aliphatic carbocycles. The summed E-state index contributed by atoms with van der Waals surface area (Å²) in [6, 6.07) is 14.1. The fourth-order valence-electron chi connectivity index (χ4n) is 3.90. The molecular weight excluding hydrogens is 406 g/mol. The summed E-state index contributed by atoms with van der Waals surface area (Å²) in [7, 11) is 1.65. The number of benzene rings is 1. The molecule has 164 valence electrons. The Kier molecular flexibility index (Phi) is 5.52. The molecule has 0 aliphatic rings. The zero-order valence-electron chi connectivity index (χ0n) is 18.5. The van der Waals surface area contributed by atoms with Crippen LogP contribution >= 0.6 is 0 Å². The van der Waals surface area contributed by atoms with Gasteiger partial charge in [0.15, 0.2) is 5.65 Å². The van der Waals surface area contributed by atoms with Crippen molar-refractivity contribution in [2.75, 3.05) is 0 Å². The quantitative estimate of drug-likeness (QED) is 0.507. The number of hydrogen-bond donors (Lipinski definition) is 2. The fourth-order valence-corrected chi connectivity index (χ4v) is 3.90. The number of nitrogens with zero attached hydrogens (tertiary/aromatic N) is 3. The lowest BCUT2D eigenvalue weighted by atomic mass is 10.0. The average Bonchev–Trinajstić information content (AvgIpc) is 3.13. The predicted molar refractivity (Wildman–Crippen MR) is 122 cm³/mol. The van der Waals surface area contributed by atoms with Crippen molar-refractivity contribution in [3.63, 3.8) is 0 Å². The van der Waals surface area contributed by atoms with E-state index in [4.69, 9.17) is 0 Å². The molecule has 0 bridgehead atoms. The molecule has 0 radical (unpaired) electrons. The molecule has 4 rings (SSSR count). The number of H-pyrrole nitrogens is 1. The summed E-state index contributed by atoms with van der Waals surface area (Å²) >= 11 is 0. The van der Waals surface area contributed by atoms with E-state index in [1.54, 1.807) is 20.0 Å². The van der Waals surface area contributed by atoms with E-state index in [2.05, 4.69) is 15.4 Å². The van der Waals surface area contributed by atoms with Gasteiger partial charge in [0.1, 0.15) is 5.56 Å². The Morgan fingerprint density at radius 2 is 1.81 bits per heavy atom. The first-order chi connectivity index (χ1) is 15.2. The number of amides is 1. The molecule has 8 nitrogen and oxygen atoms in total. The van der Waals surface area contributed by atoms with Gasteiger partial charge in [-0.05, 0) is 38.0 Å². The maximum atomic E-state index is 13.2. The monoisotopic (exact) mass is 431 g/mol. The lowest BCUT2D eigenvalue weighted by Gasteiger charge is -2.20. The van der Waals surface area contributed by atoms with Crippen LogP contribution in [0.25, 0.3) is 5.65 Å². The van der Waals surface area contributed by atoms with Crippen molar-refractivity contribution in [2.45, 2.75) is 33.2 Å². The number of aromatic nitrogens is 4. The predicted octanol–water partition coefficient (Wildman–Crippen LogP) is 2.36. The maximum absolute atomic E-state index is 13.2. The largest absolute Gasteiger partial charge is 0.345 e. The van der Waals surface area contributed by atoms with Crippen molar-refractivity contribution in [3.8, 4) is 0 Å². The van der Waals surface area contributed by atoms with Crippen molar-refractivity contribution in [1.29, 1.82) is 0 Å². The van der Waals surface area contributed by atoms with Crippen LogP contribution in [0.3, 0.4) is 0 Å². The number of nitrogens with one attached hydrogen (secondary N) is 2. The van der Waals surface area contributed by atoms with E-state index in [9.17, 15) is 14.4 Å². The molecule has 0 fully saturated rings. The van der Waals surface area contributed by atoms with E-state index in [1.807, 2.05) is 50.2 Å². The van der Waals surface area contributed by atoms with Gasteiger partial charge < -0.3 is 9.88 Å². The van der Waals surface area contributed by atoms with Gasteiger partial charge in [-0.2, -0.15) is 0 Å². The highest BCUT2D eigenvalue weighted by Gasteiger charge is 2.22. The second-order valence-electron chi connectivity index (χ2n) is 8.07. The zero-order valence-corrected chi connectivity index (χ0v) is 18.5. The van der Waals surface area contributed by atoms with Crippen LogP contribution in [0, 0.1) is 20.8 Å². The summed E-state index contributed by atoms with van der Waals surface area (Å²) in [6.07, 6.45) is 0.303. The minimum absolute atomic E-state index is 0.115. The molecular formula is C24H25N5O3. The summed E-state index contributed by atoms with van der Waals surface area (Å²) in [5, 5.41) is 5.94. The van der Waals surface area contributed by atoms with Crippen LogP contribution in [0.1, 0.15) is 44.6 Å². The Morgan fingerprint density at radius 3 is 2.53 bits per heavy atom. The highest BCUT2D eigenvalue weighted by molar-refractivity contribution is 5.95. The van der Waals surface area contributed by atoms with E-state index < -0.39 is 11.9 Å². The van der Waals surface area contributed by atoms with E-state index in [0.717, 1.165) is 17.0 Å². The van der Waals surface area contributed by atoms with Crippen LogP contribution in [-0.4, -0.2) is 25.1 Å². The summed E-state index contributed by atoms with van der Waals surface area (Å²) < 4.78 is 2.85. The van der Waals surface area contributed by atoms with Gasteiger partial charge in [0.05, 0.1) is 11.7 Å². The molecule has 32 heavy (non-hydrogen) atoms. The summed E-state index contributed by atoms with van der Waals surface area (Å²) in [5.74, 6) is -0.452. The number of carbonyl (C=O) groups is 1. The molecule has 2 N–H and O–H groups in total.